The minimum Gasteiger partial charge on any atom is -0.353 e. The van der Waals surface area contributed by atoms with Crippen LogP contribution in [0.2, 0.25) is 0 Å². The van der Waals surface area contributed by atoms with E-state index in [4.69, 9.17) is 24.3 Å². The van der Waals surface area contributed by atoms with Crippen molar-refractivity contribution in [2.45, 2.75) is 103 Å². The average Bonchev–Trinajstić information content (AvgIpc) is 3.18. The van der Waals surface area contributed by atoms with E-state index in [1.165, 1.54) is 0 Å². The van der Waals surface area contributed by atoms with Crippen LogP contribution in [0.1, 0.15) is 69.2 Å². The monoisotopic (exact) mass is 354 g/mol. The fourth-order valence-electron chi connectivity index (χ4n) is 2.71. The lowest BCUT2D eigenvalue weighted by molar-refractivity contribution is -0.404. The Morgan fingerprint density at radius 1 is 0.800 bits per heavy atom. The van der Waals surface area contributed by atoms with Crippen molar-refractivity contribution in [1.29, 1.82) is 0 Å². The molecule has 0 saturated carbocycles. The second-order valence-electron chi connectivity index (χ2n) is 9.85. The van der Waals surface area contributed by atoms with Gasteiger partial charge in [-0.3, -0.25) is 0 Å². The van der Waals surface area contributed by atoms with Crippen molar-refractivity contribution in [1.82, 2.24) is 0 Å². The molecule has 0 radical (unpaired) electrons. The number of hydrogen-bond acceptors (Lipinski definition) is 5. The molecule has 5 heteroatoms. The van der Waals surface area contributed by atoms with Crippen LogP contribution in [-0.2, 0) is 24.3 Å². The highest BCUT2D eigenvalue weighted by molar-refractivity contribution is 5.44. The molecular weight excluding hydrogens is 320 g/mol. The van der Waals surface area contributed by atoms with Crippen molar-refractivity contribution in [2.75, 3.05) is 0 Å². The summed E-state index contributed by atoms with van der Waals surface area (Å²) in [5.41, 5.74) is -1.59. The Bertz CT molecular complexity index is 560. The maximum atomic E-state index is 6.13. The van der Waals surface area contributed by atoms with Gasteiger partial charge < -0.3 is 4.74 Å². The van der Waals surface area contributed by atoms with E-state index in [1.54, 1.807) is 0 Å². The lowest BCUT2D eigenvalue weighted by atomic mass is 9.78. The van der Waals surface area contributed by atoms with Gasteiger partial charge in [0.25, 0.3) is 0 Å². The first-order valence-electron chi connectivity index (χ1n) is 8.91. The molecule has 2 atom stereocenters. The van der Waals surface area contributed by atoms with Gasteiger partial charge in [-0.2, -0.15) is 0 Å². The minimum atomic E-state index is -0.651. The molecule has 0 bridgehead atoms. The van der Waals surface area contributed by atoms with E-state index in [9.17, 15) is 0 Å². The van der Waals surface area contributed by atoms with Crippen LogP contribution in [0.25, 0.3) is 0 Å². The Morgan fingerprint density at radius 2 is 1.32 bits per heavy atom. The second-order valence-corrected chi connectivity index (χ2v) is 9.85. The molecule has 0 N–H and O–H groups in total. The zero-order valence-corrected chi connectivity index (χ0v) is 17.4. The quantitative estimate of drug-likeness (QED) is 0.394. The first-order chi connectivity index (χ1) is 11.1. The molecule has 1 aliphatic heterocycles. The van der Waals surface area contributed by atoms with Crippen LogP contribution >= 0.6 is 0 Å². The lowest BCUT2D eigenvalue weighted by Crippen LogP contribution is -2.47. The molecule has 0 amide bonds. The van der Waals surface area contributed by atoms with Crippen LogP contribution in [0.15, 0.2) is 23.8 Å². The van der Waals surface area contributed by atoms with E-state index >= 15 is 0 Å². The van der Waals surface area contributed by atoms with E-state index in [-0.39, 0.29) is 11.7 Å². The highest BCUT2D eigenvalue weighted by Gasteiger charge is 2.69. The van der Waals surface area contributed by atoms with Crippen molar-refractivity contribution in [3.63, 3.8) is 0 Å². The van der Waals surface area contributed by atoms with E-state index < -0.39 is 22.4 Å². The normalized spacial score (nSPS) is 27.1. The van der Waals surface area contributed by atoms with Gasteiger partial charge in [-0.05, 0) is 80.9 Å². The highest BCUT2D eigenvalue weighted by atomic mass is 17.2. The molecule has 2 rings (SSSR count). The van der Waals surface area contributed by atoms with Crippen LogP contribution < -0.4 is 0 Å². The molecule has 1 saturated heterocycles. The van der Waals surface area contributed by atoms with Gasteiger partial charge in [0.15, 0.2) is 0 Å². The Balaban J connectivity index is 2.12. The van der Waals surface area contributed by atoms with Crippen molar-refractivity contribution in [3.05, 3.63) is 23.8 Å². The summed E-state index contributed by atoms with van der Waals surface area (Å²) in [6, 6.07) is 0. The molecular formula is C20H34O5. The maximum absolute atomic E-state index is 6.13. The third kappa shape index (κ3) is 4.52. The summed E-state index contributed by atoms with van der Waals surface area (Å²) in [5, 5.41) is 0. The third-order valence-electron chi connectivity index (χ3n) is 4.18. The molecule has 0 aromatic carbocycles. The summed E-state index contributed by atoms with van der Waals surface area (Å²) in [5.74, 6) is 0. The largest absolute Gasteiger partial charge is 0.353 e. The van der Waals surface area contributed by atoms with Gasteiger partial charge in [0.05, 0.1) is 11.2 Å². The Morgan fingerprint density at radius 3 is 1.84 bits per heavy atom. The molecule has 1 aliphatic carbocycles. The first kappa shape index (κ1) is 20.6. The molecule has 1 fully saturated rings. The molecule has 144 valence electrons. The standard InChI is InChI=1S/C20H34O5/c1-16(2,3)22-24-18(7,8)14-12-11-13-20(15(14)21-20)19(9,10)25-23-17(4,5)6/h11-13,15H,1-10H3. The Labute approximate surface area is 152 Å². The van der Waals surface area contributed by atoms with Gasteiger partial charge in [-0.15, -0.1) is 0 Å². The summed E-state index contributed by atoms with van der Waals surface area (Å²) in [6.07, 6.45) is 5.93. The van der Waals surface area contributed by atoms with Crippen LogP contribution in [-0.4, -0.2) is 34.1 Å². The molecule has 0 spiro atoms. The molecule has 2 unspecified atom stereocenters. The summed E-state index contributed by atoms with van der Waals surface area (Å²) >= 11 is 0. The zero-order valence-electron chi connectivity index (χ0n) is 17.4. The van der Waals surface area contributed by atoms with Gasteiger partial charge in [0.1, 0.15) is 22.9 Å². The van der Waals surface area contributed by atoms with Gasteiger partial charge >= 0.3 is 0 Å². The number of rotatable bonds is 6. The number of allylic oxidation sites excluding steroid dienone is 2. The van der Waals surface area contributed by atoms with Gasteiger partial charge in [0.2, 0.25) is 0 Å². The van der Waals surface area contributed by atoms with E-state index in [0.29, 0.717) is 0 Å². The average molecular weight is 354 g/mol. The predicted molar refractivity (Wildman–Crippen MR) is 96.8 cm³/mol. The van der Waals surface area contributed by atoms with Crippen LogP contribution in [0.4, 0.5) is 0 Å². The summed E-state index contributed by atoms with van der Waals surface area (Å²) in [4.78, 5) is 22.6. The van der Waals surface area contributed by atoms with Gasteiger partial charge in [-0.1, -0.05) is 12.2 Å². The Kier molecular flexibility index (Phi) is 5.08. The van der Waals surface area contributed by atoms with E-state index in [1.807, 2.05) is 87.5 Å². The van der Waals surface area contributed by atoms with Crippen LogP contribution in [0, 0.1) is 0 Å². The molecule has 5 nitrogen and oxygen atoms in total. The SMILES string of the molecule is CC(C)(C)OOC(C)(C)C1=CC=CC2(C(C)(C)OOC(C)(C)C)OC12. The zero-order chi connectivity index (χ0) is 19.3. The van der Waals surface area contributed by atoms with Crippen LogP contribution in [0.3, 0.4) is 0 Å². The predicted octanol–water partition coefficient (Wildman–Crippen LogP) is 4.67. The fraction of sp³-hybridized carbons (Fsp3) is 0.800. The van der Waals surface area contributed by atoms with Crippen molar-refractivity contribution in [2.24, 2.45) is 0 Å². The van der Waals surface area contributed by atoms with Gasteiger partial charge in [-0.25, -0.2) is 19.6 Å². The van der Waals surface area contributed by atoms with E-state index in [0.717, 1.165) is 5.57 Å². The minimum absolute atomic E-state index is 0.130. The first-order valence-corrected chi connectivity index (χ1v) is 8.91. The highest BCUT2D eigenvalue weighted by Crippen LogP contribution is 2.55. The van der Waals surface area contributed by atoms with Crippen molar-refractivity contribution < 1.29 is 24.3 Å². The second kappa shape index (κ2) is 6.17. The molecule has 0 aromatic rings. The van der Waals surface area contributed by atoms with Crippen LogP contribution in [0.5, 0.6) is 0 Å². The Hall–Kier alpha value is -0.720. The summed E-state index contributed by atoms with van der Waals surface area (Å²) in [6.45, 7) is 19.6. The molecule has 2 aliphatic rings. The van der Waals surface area contributed by atoms with Crippen molar-refractivity contribution >= 4 is 0 Å². The summed E-state index contributed by atoms with van der Waals surface area (Å²) in [7, 11) is 0. The topological polar surface area (TPSA) is 49.5 Å². The molecule has 1 heterocycles. The third-order valence-corrected chi connectivity index (χ3v) is 4.18. The molecule has 25 heavy (non-hydrogen) atoms. The number of fused-ring (bicyclic) bond motifs is 1. The lowest BCUT2D eigenvalue weighted by Gasteiger charge is -2.35. The number of ether oxygens (including phenoxy) is 1. The van der Waals surface area contributed by atoms with Gasteiger partial charge in [0, 0.05) is 0 Å². The number of epoxide rings is 1. The maximum Gasteiger partial charge on any atom is 0.149 e. The fourth-order valence-corrected chi connectivity index (χ4v) is 2.71. The smallest absolute Gasteiger partial charge is 0.149 e. The summed E-state index contributed by atoms with van der Waals surface area (Å²) < 4.78 is 6.13. The van der Waals surface area contributed by atoms with E-state index in [2.05, 4.69) is 0 Å². The molecule has 0 aromatic heterocycles. The number of hydrogen-bond donors (Lipinski definition) is 0. The van der Waals surface area contributed by atoms with Crippen molar-refractivity contribution in [3.8, 4) is 0 Å².